The third-order valence-electron chi connectivity index (χ3n) is 4.36. The molecule has 122 valence electrons. The smallest absolute Gasteiger partial charge is 0.220 e. The largest absolute Gasteiger partial charge is 0.381 e. The van der Waals surface area contributed by atoms with E-state index in [4.69, 9.17) is 22.1 Å². The monoisotopic (exact) mass is 324 g/mol. The first-order valence-electron chi connectivity index (χ1n) is 7.88. The summed E-state index contributed by atoms with van der Waals surface area (Å²) in [6, 6.07) is 7.99. The summed E-state index contributed by atoms with van der Waals surface area (Å²) in [7, 11) is 0. The number of nitrogens with one attached hydrogen (secondary N) is 1. The second-order valence-electron chi connectivity index (χ2n) is 6.19. The van der Waals surface area contributed by atoms with Crippen LogP contribution in [0, 0.1) is 0 Å². The molecule has 0 aliphatic carbocycles. The number of hydrogen-bond acceptors (Lipinski definition) is 3. The topological polar surface area (TPSA) is 64.4 Å². The van der Waals surface area contributed by atoms with Crippen LogP contribution in [0.1, 0.15) is 38.2 Å². The maximum Gasteiger partial charge on any atom is 0.220 e. The molecule has 0 radical (unpaired) electrons. The molecule has 0 spiro atoms. The molecule has 1 aliphatic heterocycles. The number of carbonyl (C=O) groups is 1. The van der Waals surface area contributed by atoms with Crippen molar-refractivity contribution in [3.63, 3.8) is 0 Å². The van der Waals surface area contributed by atoms with E-state index in [1.54, 1.807) is 0 Å². The van der Waals surface area contributed by atoms with Gasteiger partial charge in [0, 0.05) is 42.7 Å². The maximum atomic E-state index is 12.0. The van der Waals surface area contributed by atoms with Gasteiger partial charge in [0.25, 0.3) is 0 Å². The molecule has 1 aliphatic rings. The summed E-state index contributed by atoms with van der Waals surface area (Å²) in [6.07, 6.45) is 3.00. The van der Waals surface area contributed by atoms with Crippen LogP contribution in [-0.4, -0.2) is 31.7 Å². The van der Waals surface area contributed by atoms with E-state index >= 15 is 0 Å². The first-order valence-corrected chi connectivity index (χ1v) is 8.26. The average molecular weight is 325 g/mol. The molecule has 1 amide bonds. The minimum absolute atomic E-state index is 0.0547. The van der Waals surface area contributed by atoms with Gasteiger partial charge in [0.2, 0.25) is 5.91 Å². The quantitative estimate of drug-likeness (QED) is 0.845. The molecule has 5 heteroatoms. The van der Waals surface area contributed by atoms with Gasteiger partial charge in [-0.25, -0.2) is 0 Å². The SMILES string of the molecule is CC(N)CCC(=O)NCC1(c2ccc(Cl)cc2)CCOCC1. The van der Waals surface area contributed by atoms with Crippen molar-refractivity contribution in [1.29, 1.82) is 0 Å². The fourth-order valence-corrected chi connectivity index (χ4v) is 2.97. The number of hydrogen-bond donors (Lipinski definition) is 2. The van der Waals surface area contributed by atoms with Crippen molar-refractivity contribution in [3.8, 4) is 0 Å². The first-order chi connectivity index (χ1) is 10.5. The molecule has 0 saturated carbocycles. The van der Waals surface area contributed by atoms with Crippen molar-refractivity contribution in [2.24, 2.45) is 5.73 Å². The number of amides is 1. The Kier molecular flexibility index (Phi) is 6.24. The van der Waals surface area contributed by atoms with Crippen LogP contribution < -0.4 is 11.1 Å². The third-order valence-corrected chi connectivity index (χ3v) is 4.61. The van der Waals surface area contributed by atoms with Crippen molar-refractivity contribution in [2.75, 3.05) is 19.8 Å². The van der Waals surface area contributed by atoms with Crippen LogP contribution in [0.5, 0.6) is 0 Å². The lowest BCUT2D eigenvalue weighted by molar-refractivity contribution is -0.121. The van der Waals surface area contributed by atoms with Gasteiger partial charge in [0.1, 0.15) is 0 Å². The second-order valence-corrected chi connectivity index (χ2v) is 6.63. The Labute approximate surface area is 137 Å². The van der Waals surface area contributed by atoms with Crippen LogP contribution in [0.2, 0.25) is 5.02 Å². The number of halogens is 1. The predicted octanol–water partition coefficient (Wildman–Crippen LogP) is 2.63. The molecule has 1 aromatic rings. The van der Waals surface area contributed by atoms with Crippen LogP contribution in [-0.2, 0) is 14.9 Å². The summed E-state index contributed by atoms with van der Waals surface area (Å²) in [4.78, 5) is 12.0. The van der Waals surface area contributed by atoms with E-state index in [0.717, 1.165) is 31.1 Å². The van der Waals surface area contributed by atoms with Crippen molar-refractivity contribution < 1.29 is 9.53 Å². The van der Waals surface area contributed by atoms with Gasteiger partial charge in [0.15, 0.2) is 0 Å². The summed E-state index contributed by atoms with van der Waals surface area (Å²) in [5, 5.41) is 3.81. The highest BCUT2D eigenvalue weighted by Crippen LogP contribution is 2.34. The summed E-state index contributed by atoms with van der Waals surface area (Å²) in [5.41, 5.74) is 6.85. The summed E-state index contributed by atoms with van der Waals surface area (Å²) in [6.45, 7) is 3.99. The van der Waals surface area contributed by atoms with E-state index in [1.807, 2.05) is 19.1 Å². The third kappa shape index (κ3) is 4.70. The molecule has 0 aromatic heterocycles. The molecule has 4 nitrogen and oxygen atoms in total. The zero-order chi connectivity index (χ0) is 16.0. The standard InChI is InChI=1S/C17H25ClN2O2/c1-13(19)2-7-16(21)20-12-17(8-10-22-11-9-17)14-3-5-15(18)6-4-14/h3-6,13H,2,7-12,19H2,1H3,(H,20,21). The van der Waals surface area contributed by atoms with Gasteiger partial charge in [-0.2, -0.15) is 0 Å². The van der Waals surface area contributed by atoms with Gasteiger partial charge in [-0.3, -0.25) is 4.79 Å². The van der Waals surface area contributed by atoms with E-state index in [-0.39, 0.29) is 17.4 Å². The maximum absolute atomic E-state index is 12.0. The van der Waals surface area contributed by atoms with Crippen LogP contribution >= 0.6 is 11.6 Å². The lowest BCUT2D eigenvalue weighted by atomic mass is 9.74. The van der Waals surface area contributed by atoms with Crippen LogP contribution in [0.25, 0.3) is 0 Å². The Morgan fingerprint density at radius 1 is 1.36 bits per heavy atom. The van der Waals surface area contributed by atoms with Crippen molar-refractivity contribution >= 4 is 17.5 Å². The van der Waals surface area contributed by atoms with Crippen molar-refractivity contribution in [3.05, 3.63) is 34.9 Å². The molecule has 1 aromatic carbocycles. The highest BCUT2D eigenvalue weighted by molar-refractivity contribution is 6.30. The van der Waals surface area contributed by atoms with E-state index in [0.29, 0.717) is 19.4 Å². The second kappa shape index (κ2) is 7.95. The summed E-state index contributed by atoms with van der Waals surface area (Å²) in [5.74, 6) is 0.0668. The fraction of sp³-hybridized carbons (Fsp3) is 0.588. The number of carbonyl (C=O) groups excluding carboxylic acids is 1. The minimum Gasteiger partial charge on any atom is -0.381 e. The number of nitrogens with two attached hydrogens (primary N) is 1. The Bertz CT molecular complexity index is 482. The van der Waals surface area contributed by atoms with Crippen molar-refractivity contribution in [1.82, 2.24) is 5.32 Å². The zero-order valence-corrected chi connectivity index (χ0v) is 13.9. The van der Waals surface area contributed by atoms with Gasteiger partial charge in [-0.15, -0.1) is 0 Å². The van der Waals surface area contributed by atoms with Gasteiger partial charge >= 0.3 is 0 Å². The average Bonchev–Trinajstić information content (AvgIpc) is 2.52. The predicted molar refractivity (Wildman–Crippen MR) is 89.1 cm³/mol. The van der Waals surface area contributed by atoms with E-state index < -0.39 is 0 Å². The minimum atomic E-state index is -0.0627. The van der Waals surface area contributed by atoms with Crippen LogP contribution in [0.4, 0.5) is 0 Å². The molecule has 22 heavy (non-hydrogen) atoms. The lowest BCUT2D eigenvalue weighted by Crippen LogP contribution is -2.44. The molecular weight excluding hydrogens is 300 g/mol. The van der Waals surface area contributed by atoms with Gasteiger partial charge in [-0.05, 0) is 43.9 Å². The van der Waals surface area contributed by atoms with Gasteiger partial charge < -0.3 is 15.8 Å². The molecule has 3 N–H and O–H groups in total. The molecule has 0 bridgehead atoms. The van der Waals surface area contributed by atoms with E-state index in [9.17, 15) is 4.79 Å². The Morgan fingerprint density at radius 2 is 2.00 bits per heavy atom. The molecule has 1 heterocycles. The summed E-state index contributed by atoms with van der Waals surface area (Å²) >= 11 is 5.99. The molecule has 1 saturated heterocycles. The van der Waals surface area contributed by atoms with Gasteiger partial charge in [0.05, 0.1) is 0 Å². The lowest BCUT2D eigenvalue weighted by Gasteiger charge is -2.38. The summed E-state index contributed by atoms with van der Waals surface area (Å²) < 4.78 is 5.50. The van der Waals surface area contributed by atoms with E-state index in [2.05, 4.69) is 17.4 Å². The number of benzene rings is 1. The van der Waals surface area contributed by atoms with Gasteiger partial charge in [-0.1, -0.05) is 23.7 Å². The highest BCUT2D eigenvalue weighted by atomic mass is 35.5. The molecule has 1 fully saturated rings. The molecule has 1 unspecified atom stereocenters. The molecule has 1 atom stereocenters. The number of ether oxygens (including phenoxy) is 1. The van der Waals surface area contributed by atoms with Crippen LogP contribution in [0.15, 0.2) is 24.3 Å². The van der Waals surface area contributed by atoms with E-state index in [1.165, 1.54) is 5.56 Å². The number of rotatable bonds is 6. The Hall–Kier alpha value is -1.10. The van der Waals surface area contributed by atoms with Crippen molar-refractivity contribution in [2.45, 2.75) is 44.1 Å². The highest BCUT2D eigenvalue weighted by Gasteiger charge is 2.34. The Balaban J connectivity index is 2.03. The van der Waals surface area contributed by atoms with Crippen LogP contribution in [0.3, 0.4) is 0 Å². The normalized spacial score (nSPS) is 18.7. The fourth-order valence-electron chi connectivity index (χ4n) is 2.85. The first kappa shape index (κ1) is 17.3. The molecular formula is C17H25ClN2O2. The zero-order valence-electron chi connectivity index (χ0n) is 13.1. The molecule has 2 rings (SSSR count). The Morgan fingerprint density at radius 3 is 2.59 bits per heavy atom.